The third-order valence-electron chi connectivity index (χ3n) is 4.79. The van der Waals surface area contributed by atoms with E-state index < -0.39 is 11.5 Å². The number of thioether (sulfide) groups is 1. The smallest absolute Gasteiger partial charge is 0.327 e. The monoisotopic (exact) mass is 477 g/mol. The fraction of sp³-hybridized carbons (Fsp3) is 0.238. The number of fused-ring (bicyclic) bond motifs is 2. The Labute approximate surface area is 180 Å². The van der Waals surface area contributed by atoms with Gasteiger partial charge in [-0.15, -0.1) is 11.8 Å². The second-order valence-electron chi connectivity index (χ2n) is 6.50. The molecule has 0 aliphatic carbocycles. The van der Waals surface area contributed by atoms with Crippen molar-refractivity contribution in [2.24, 2.45) is 0 Å². The maximum atomic E-state index is 13.3. The Morgan fingerprint density at radius 2 is 1.86 bits per heavy atom. The Balaban J connectivity index is 2.19. The standard InChI is InChI=1S/C21H17BrClNO3S/c1-3-28-19-18-17(12-4-7-14(23)8-5-12)16-10-13(22)6-9-15(16)20(25)24(18)11(2)27-21(19)26/h4-11,19H,3H2,1-2H3. The SMILES string of the molecule is CCSC1C(=O)OC(C)n2c1c(-c1ccc(Cl)cc1)c1cc(Br)ccc1c2=O. The van der Waals surface area contributed by atoms with Crippen LogP contribution in [0, 0.1) is 0 Å². The molecule has 1 aliphatic heterocycles. The van der Waals surface area contributed by atoms with E-state index in [-0.39, 0.29) is 11.5 Å². The van der Waals surface area contributed by atoms with Gasteiger partial charge in [0.05, 0.1) is 5.69 Å². The van der Waals surface area contributed by atoms with Gasteiger partial charge in [-0.2, -0.15) is 0 Å². The maximum Gasteiger partial charge on any atom is 0.327 e. The molecule has 2 aromatic carbocycles. The van der Waals surface area contributed by atoms with Crippen LogP contribution in [-0.4, -0.2) is 16.3 Å². The Bertz CT molecular complexity index is 1140. The average molecular weight is 479 g/mol. The summed E-state index contributed by atoms with van der Waals surface area (Å²) in [5, 5.41) is 1.45. The summed E-state index contributed by atoms with van der Waals surface area (Å²) >= 11 is 11.1. The fourth-order valence-corrected chi connectivity index (χ4v) is 5.05. The number of carbonyl (C=O) groups excluding carboxylic acids is 1. The minimum absolute atomic E-state index is 0.156. The van der Waals surface area contributed by atoms with Crippen LogP contribution in [-0.2, 0) is 9.53 Å². The molecule has 4 rings (SSSR count). The maximum absolute atomic E-state index is 13.3. The lowest BCUT2D eigenvalue weighted by molar-refractivity contribution is -0.155. The summed E-state index contributed by atoms with van der Waals surface area (Å²) in [4.78, 5) is 26.0. The molecule has 0 saturated heterocycles. The molecule has 3 aromatic rings. The molecule has 2 heterocycles. The van der Waals surface area contributed by atoms with E-state index in [1.165, 1.54) is 11.8 Å². The van der Waals surface area contributed by atoms with Crippen molar-refractivity contribution in [3.63, 3.8) is 0 Å². The predicted octanol–water partition coefficient (Wildman–Crippen LogP) is 5.95. The number of hydrogen-bond donors (Lipinski definition) is 0. The number of rotatable bonds is 3. The quantitative estimate of drug-likeness (QED) is 0.436. The molecule has 1 aliphatic rings. The minimum atomic E-state index is -0.664. The van der Waals surface area contributed by atoms with Crippen molar-refractivity contribution in [3.8, 4) is 11.1 Å². The third-order valence-corrected chi connectivity index (χ3v) is 6.62. The number of halogens is 2. The second-order valence-corrected chi connectivity index (χ2v) is 9.24. The molecule has 0 spiro atoms. The summed E-state index contributed by atoms with van der Waals surface area (Å²) in [6.45, 7) is 3.71. The summed E-state index contributed by atoms with van der Waals surface area (Å²) in [5.74, 6) is 0.405. The van der Waals surface area contributed by atoms with Crippen LogP contribution in [0.1, 0.15) is 31.0 Å². The van der Waals surface area contributed by atoms with Crippen molar-refractivity contribution in [1.82, 2.24) is 4.57 Å². The van der Waals surface area contributed by atoms with Gasteiger partial charge in [-0.05, 0) is 54.0 Å². The first-order valence-electron chi connectivity index (χ1n) is 8.88. The van der Waals surface area contributed by atoms with Crippen molar-refractivity contribution in [1.29, 1.82) is 0 Å². The van der Waals surface area contributed by atoms with Gasteiger partial charge < -0.3 is 4.74 Å². The molecular weight excluding hydrogens is 462 g/mol. The van der Waals surface area contributed by atoms with E-state index in [0.717, 1.165) is 26.7 Å². The van der Waals surface area contributed by atoms with Crippen LogP contribution in [0.2, 0.25) is 5.02 Å². The zero-order chi connectivity index (χ0) is 20.0. The number of aromatic nitrogens is 1. The molecule has 2 atom stereocenters. The van der Waals surface area contributed by atoms with E-state index in [0.29, 0.717) is 16.1 Å². The zero-order valence-electron chi connectivity index (χ0n) is 15.2. The fourth-order valence-electron chi connectivity index (χ4n) is 3.65. The lowest BCUT2D eigenvalue weighted by atomic mass is 9.94. The minimum Gasteiger partial charge on any atom is -0.440 e. The van der Waals surface area contributed by atoms with Crippen LogP contribution < -0.4 is 5.56 Å². The highest BCUT2D eigenvalue weighted by molar-refractivity contribution is 9.10. The largest absolute Gasteiger partial charge is 0.440 e. The zero-order valence-corrected chi connectivity index (χ0v) is 18.4. The number of hydrogen-bond acceptors (Lipinski definition) is 4. The van der Waals surface area contributed by atoms with Gasteiger partial charge in [0, 0.05) is 20.4 Å². The van der Waals surface area contributed by atoms with Crippen LogP contribution in [0.5, 0.6) is 0 Å². The van der Waals surface area contributed by atoms with Gasteiger partial charge in [-0.25, -0.2) is 0 Å². The van der Waals surface area contributed by atoms with Gasteiger partial charge in [0.1, 0.15) is 5.25 Å². The number of ether oxygens (including phenoxy) is 1. The molecule has 144 valence electrons. The lowest BCUT2D eigenvalue weighted by Crippen LogP contribution is -2.37. The number of nitrogens with zero attached hydrogens (tertiary/aromatic N) is 1. The van der Waals surface area contributed by atoms with Crippen molar-refractivity contribution in [3.05, 3.63) is 68.0 Å². The summed E-state index contributed by atoms with van der Waals surface area (Å²) < 4.78 is 8.00. The van der Waals surface area contributed by atoms with Crippen molar-refractivity contribution < 1.29 is 9.53 Å². The molecule has 0 bridgehead atoms. The molecule has 0 radical (unpaired) electrons. The number of carbonyl (C=O) groups is 1. The Hall–Kier alpha value is -1.76. The van der Waals surface area contributed by atoms with Crippen molar-refractivity contribution in [2.45, 2.75) is 25.3 Å². The molecule has 0 amide bonds. The topological polar surface area (TPSA) is 48.3 Å². The number of benzene rings is 2. The first-order chi connectivity index (χ1) is 13.4. The second kappa shape index (κ2) is 7.58. The average Bonchev–Trinajstić information content (AvgIpc) is 2.65. The highest BCUT2D eigenvalue weighted by atomic mass is 79.9. The molecule has 0 saturated carbocycles. The Kier molecular flexibility index (Phi) is 5.29. The van der Waals surface area contributed by atoms with Gasteiger partial charge in [-0.3, -0.25) is 14.2 Å². The van der Waals surface area contributed by atoms with E-state index >= 15 is 0 Å². The van der Waals surface area contributed by atoms with E-state index in [2.05, 4.69) is 15.9 Å². The number of esters is 1. The normalized spacial score (nSPS) is 18.8. The van der Waals surface area contributed by atoms with Crippen LogP contribution in [0.4, 0.5) is 0 Å². The van der Waals surface area contributed by atoms with Crippen LogP contribution >= 0.6 is 39.3 Å². The molecule has 0 N–H and O–H groups in total. The van der Waals surface area contributed by atoms with Gasteiger partial charge in [0.25, 0.3) is 5.56 Å². The molecule has 1 aromatic heterocycles. The van der Waals surface area contributed by atoms with Crippen LogP contribution in [0.3, 0.4) is 0 Å². The summed E-state index contributed by atoms with van der Waals surface area (Å²) in [6.07, 6.45) is -0.664. The van der Waals surface area contributed by atoms with Gasteiger partial charge in [0.2, 0.25) is 0 Å². The lowest BCUT2D eigenvalue weighted by Gasteiger charge is -2.33. The van der Waals surface area contributed by atoms with Crippen LogP contribution in [0.15, 0.2) is 51.7 Å². The summed E-state index contributed by atoms with van der Waals surface area (Å²) in [7, 11) is 0. The summed E-state index contributed by atoms with van der Waals surface area (Å²) in [6, 6.07) is 13.0. The number of pyridine rings is 1. The molecule has 7 heteroatoms. The summed E-state index contributed by atoms with van der Waals surface area (Å²) in [5.41, 5.74) is 2.30. The van der Waals surface area contributed by atoms with E-state index in [4.69, 9.17) is 16.3 Å². The van der Waals surface area contributed by atoms with Crippen molar-refractivity contribution in [2.75, 3.05) is 5.75 Å². The molecular formula is C21H17BrClNO3S. The highest BCUT2D eigenvalue weighted by Crippen LogP contribution is 2.44. The van der Waals surface area contributed by atoms with E-state index in [1.807, 2.05) is 43.3 Å². The molecule has 2 unspecified atom stereocenters. The van der Waals surface area contributed by atoms with E-state index in [1.54, 1.807) is 17.6 Å². The molecule has 4 nitrogen and oxygen atoms in total. The van der Waals surface area contributed by atoms with Crippen LogP contribution in [0.25, 0.3) is 21.9 Å². The third kappa shape index (κ3) is 3.17. The molecule has 28 heavy (non-hydrogen) atoms. The first-order valence-corrected chi connectivity index (χ1v) is 11.1. The molecule has 0 fully saturated rings. The van der Waals surface area contributed by atoms with E-state index in [9.17, 15) is 9.59 Å². The highest BCUT2D eigenvalue weighted by Gasteiger charge is 2.37. The number of cyclic esters (lactones) is 1. The van der Waals surface area contributed by atoms with Crippen molar-refractivity contribution >= 4 is 56.0 Å². The predicted molar refractivity (Wildman–Crippen MR) is 118 cm³/mol. The van der Waals surface area contributed by atoms with Gasteiger partial charge in [0.15, 0.2) is 6.23 Å². The Morgan fingerprint density at radius 3 is 2.54 bits per heavy atom. The Morgan fingerprint density at radius 1 is 1.14 bits per heavy atom. The van der Waals surface area contributed by atoms with Gasteiger partial charge >= 0.3 is 5.97 Å². The van der Waals surface area contributed by atoms with Gasteiger partial charge in [-0.1, -0.05) is 46.6 Å². The first kappa shape index (κ1) is 19.6.